The second-order valence-corrected chi connectivity index (χ2v) is 8.08. The molecule has 0 bridgehead atoms. The molecule has 0 spiro atoms. The van der Waals surface area contributed by atoms with Crippen LogP contribution in [0.2, 0.25) is 0 Å². The summed E-state index contributed by atoms with van der Waals surface area (Å²) in [6.07, 6.45) is 4.02. The summed E-state index contributed by atoms with van der Waals surface area (Å²) in [6, 6.07) is 16.9. The van der Waals surface area contributed by atoms with Crippen molar-refractivity contribution in [1.82, 2.24) is 10.2 Å². The highest BCUT2D eigenvalue weighted by molar-refractivity contribution is 8.00. The molecule has 0 aliphatic carbocycles. The average Bonchev–Trinajstić information content (AvgIpc) is 2.68. The topological polar surface area (TPSA) is 32.3 Å². The Kier molecular flexibility index (Phi) is 7.15. The van der Waals surface area contributed by atoms with E-state index < -0.39 is 0 Å². The van der Waals surface area contributed by atoms with Crippen molar-refractivity contribution in [2.45, 2.75) is 44.2 Å². The van der Waals surface area contributed by atoms with E-state index in [9.17, 15) is 4.79 Å². The summed E-state index contributed by atoms with van der Waals surface area (Å²) in [5.74, 6) is 0.531. The lowest BCUT2D eigenvalue weighted by Gasteiger charge is -2.26. The Bertz CT molecular complexity index is 691. The van der Waals surface area contributed by atoms with Gasteiger partial charge < -0.3 is 5.32 Å². The summed E-state index contributed by atoms with van der Waals surface area (Å²) in [6.45, 7) is 6.14. The van der Waals surface area contributed by atoms with E-state index >= 15 is 0 Å². The monoisotopic (exact) mass is 368 g/mol. The highest BCUT2D eigenvalue weighted by atomic mass is 32.2. The minimum absolute atomic E-state index is 0.0768. The summed E-state index contributed by atoms with van der Waals surface area (Å²) in [5, 5.41) is 3.01. The van der Waals surface area contributed by atoms with Gasteiger partial charge in [0.1, 0.15) is 0 Å². The number of hydrogen-bond acceptors (Lipinski definition) is 3. The number of nitrogens with one attached hydrogen (secondary N) is 1. The lowest BCUT2D eigenvalue weighted by molar-refractivity contribution is -0.118. The van der Waals surface area contributed by atoms with Crippen LogP contribution < -0.4 is 5.32 Å². The van der Waals surface area contributed by atoms with E-state index in [4.69, 9.17) is 0 Å². The number of aryl methyl sites for hydroxylation is 1. The number of rotatable bonds is 7. The molecule has 26 heavy (non-hydrogen) atoms. The van der Waals surface area contributed by atoms with Gasteiger partial charge in [0.05, 0.1) is 5.75 Å². The summed E-state index contributed by atoms with van der Waals surface area (Å²) < 4.78 is 0. The van der Waals surface area contributed by atoms with Gasteiger partial charge in [0.15, 0.2) is 0 Å². The van der Waals surface area contributed by atoms with Gasteiger partial charge in [-0.1, -0.05) is 48.4 Å². The quantitative estimate of drug-likeness (QED) is 0.736. The Morgan fingerprint density at radius 3 is 2.31 bits per heavy atom. The van der Waals surface area contributed by atoms with Crippen LogP contribution in [-0.4, -0.2) is 29.6 Å². The van der Waals surface area contributed by atoms with Gasteiger partial charge in [-0.2, -0.15) is 0 Å². The fraction of sp³-hybridized carbons (Fsp3) is 0.409. The first-order chi connectivity index (χ1) is 12.7. The van der Waals surface area contributed by atoms with Crippen molar-refractivity contribution >= 4 is 17.7 Å². The van der Waals surface area contributed by atoms with Gasteiger partial charge in [-0.3, -0.25) is 9.69 Å². The minimum Gasteiger partial charge on any atom is -0.351 e. The molecule has 3 nitrogen and oxygen atoms in total. The third-order valence-electron chi connectivity index (χ3n) is 4.76. The van der Waals surface area contributed by atoms with Crippen LogP contribution in [0.25, 0.3) is 0 Å². The fourth-order valence-corrected chi connectivity index (χ4v) is 3.90. The van der Waals surface area contributed by atoms with Crippen LogP contribution in [-0.2, 0) is 17.9 Å². The van der Waals surface area contributed by atoms with Crippen molar-refractivity contribution < 1.29 is 4.79 Å². The summed E-state index contributed by atoms with van der Waals surface area (Å²) in [5.41, 5.74) is 3.75. The highest BCUT2D eigenvalue weighted by Gasteiger charge is 2.10. The molecule has 0 radical (unpaired) electrons. The Morgan fingerprint density at radius 1 is 0.962 bits per heavy atom. The maximum absolute atomic E-state index is 12.0. The number of piperidine rings is 1. The molecule has 4 heteroatoms. The van der Waals surface area contributed by atoms with E-state index in [1.165, 1.54) is 43.5 Å². The predicted octanol–water partition coefficient (Wildman–Crippen LogP) is 4.39. The van der Waals surface area contributed by atoms with E-state index in [0.29, 0.717) is 12.3 Å². The molecule has 1 N–H and O–H groups in total. The van der Waals surface area contributed by atoms with Crippen molar-refractivity contribution in [2.24, 2.45) is 0 Å². The largest absolute Gasteiger partial charge is 0.351 e. The standard InChI is InChI=1S/C22H28N2OS/c1-18-5-11-21(12-6-18)26-17-22(25)23-15-19-7-9-20(10-8-19)16-24-13-3-2-4-14-24/h5-12H,2-4,13-17H2,1H3,(H,23,25). The third-order valence-corrected chi connectivity index (χ3v) is 5.77. The number of likely N-dealkylation sites (tertiary alicyclic amines) is 1. The van der Waals surface area contributed by atoms with Crippen LogP contribution in [0.5, 0.6) is 0 Å². The number of thioether (sulfide) groups is 1. The van der Waals surface area contributed by atoms with E-state index in [1.54, 1.807) is 11.8 Å². The van der Waals surface area contributed by atoms with E-state index in [-0.39, 0.29) is 5.91 Å². The molecule has 2 aromatic carbocycles. The molecule has 1 aliphatic rings. The average molecular weight is 369 g/mol. The molecular weight excluding hydrogens is 340 g/mol. The Morgan fingerprint density at radius 2 is 1.62 bits per heavy atom. The van der Waals surface area contributed by atoms with E-state index in [0.717, 1.165) is 17.0 Å². The zero-order valence-corrected chi connectivity index (χ0v) is 16.4. The van der Waals surface area contributed by atoms with Gasteiger partial charge in [0.25, 0.3) is 0 Å². The van der Waals surface area contributed by atoms with Crippen molar-refractivity contribution in [3.05, 3.63) is 65.2 Å². The van der Waals surface area contributed by atoms with Gasteiger partial charge in [-0.25, -0.2) is 0 Å². The Labute approximate surface area is 161 Å². The molecule has 0 unspecified atom stereocenters. The van der Waals surface area contributed by atoms with Crippen molar-refractivity contribution in [3.8, 4) is 0 Å². The summed E-state index contributed by atoms with van der Waals surface area (Å²) in [7, 11) is 0. The molecule has 1 saturated heterocycles. The lowest BCUT2D eigenvalue weighted by Crippen LogP contribution is -2.29. The second kappa shape index (κ2) is 9.79. The van der Waals surface area contributed by atoms with Crippen LogP contribution in [0.3, 0.4) is 0 Å². The molecule has 0 atom stereocenters. The molecule has 3 rings (SSSR count). The third kappa shape index (κ3) is 6.19. The van der Waals surface area contributed by atoms with Gasteiger partial charge in [-0.15, -0.1) is 11.8 Å². The maximum atomic E-state index is 12.0. The van der Waals surface area contributed by atoms with Crippen molar-refractivity contribution in [3.63, 3.8) is 0 Å². The van der Waals surface area contributed by atoms with Crippen molar-refractivity contribution in [2.75, 3.05) is 18.8 Å². The first kappa shape index (κ1) is 19.0. The molecule has 1 heterocycles. The van der Waals surface area contributed by atoms with Crippen LogP contribution in [0.1, 0.15) is 36.0 Å². The number of carbonyl (C=O) groups is 1. The minimum atomic E-state index is 0.0768. The normalized spacial score (nSPS) is 15.0. The zero-order valence-electron chi connectivity index (χ0n) is 15.5. The SMILES string of the molecule is Cc1ccc(SCC(=O)NCc2ccc(CN3CCCCC3)cc2)cc1. The van der Waals surface area contributed by atoms with Crippen LogP contribution in [0.4, 0.5) is 0 Å². The molecule has 138 valence electrons. The molecule has 1 aliphatic heterocycles. The number of amides is 1. The van der Waals surface area contributed by atoms with Gasteiger partial charge in [-0.05, 0) is 56.1 Å². The fourth-order valence-electron chi connectivity index (χ4n) is 3.17. The Balaban J connectivity index is 1.39. The van der Waals surface area contributed by atoms with Gasteiger partial charge in [0.2, 0.25) is 5.91 Å². The van der Waals surface area contributed by atoms with Crippen LogP contribution in [0, 0.1) is 6.92 Å². The number of nitrogens with zero attached hydrogens (tertiary/aromatic N) is 1. The zero-order chi connectivity index (χ0) is 18.2. The van der Waals surface area contributed by atoms with E-state index in [1.807, 2.05) is 0 Å². The first-order valence-electron chi connectivity index (χ1n) is 9.45. The summed E-state index contributed by atoms with van der Waals surface area (Å²) in [4.78, 5) is 15.7. The highest BCUT2D eigenvalue weighted by Crippen LogP contribution is 2.18. The van der Waals surface area contributed by atoms with Crippen LogP contribution in [0.15, 0.2) is 53.4 Å². The molecule has 1 amide bonds. The molecule has 0 aromatic heterocycles. The predicted molar refractivity (Wildman–Crippen MR) is 109 cm³/mol. The second-order valence-electron chi connectivity index (χ2n) is 7.03. The summed E-state index contributed by atoms with van der Waals surface area (Å²) >= 11 is 1.58. The molecule has 2 aromatic rings. The Hall–Kier alpha value is -1.78. The molecular formula is C22H28N2OS. The maximum Gasteiger partial charge on any atom is 0.230 e. The lowest BCUT2D eigenvalue weighted by atomic mass is 10.1. The number of carbonyl (C=O) groups excluding carboxylic acids is 1. The molecule has 0 saturated carbocycles. The van der Waals surface area contributed by atoms with E-state index in [2.05, 4.69) is 65.7 Å². The number of hydrogen-bond donors (Lipinski definition) is 1. The van der Waals surface area contributed by atoms with Crippen molar-refractivity contribution in [1.29, 1.82) is 0 Å². The molecule has 1 fully saturated rings. The smallest absolute Gasteiger partial charge is 0.230 e. The first-order valence-corrected chi connectivity index (χ1v) is 10.4. The van der Waals surface area contributed by atoms with Crippen LogP contribution >= 0.6 is 11.8 Å². The van der Waals surface area contributed by atoms with Gasteiger partial charge in [0, 0.05) is 18.0 Å². The van der Waals surface area contributed by atoms with Gasteiger partial charge >= 0.3 is 0 Å². The number of benzene rings is 2.